The molecule has 1 heterocycles. The summed E-state index contributed by atoms with van der Waals surface area (Å²) in [5.74, 6) is 0.183. The molecule has 1 N–H and O–H groups in total. The van der Waals surface area contributed by atoms with Gasteiger partial charge in [-0.25, -0.2) is 0 Å². The highest BCUT2D eigenvalue weighted by Crippen LogP contribution is 2.06. The Morgan fingerprint density at radius 2 is 2.24 bits per heavy atom. The lowest BCUT2D eigenvalue weighted by atomic mass is 10.1. The van der Waals surface area contributed by atoms with Gasteiger partial charge in [-0.1, -0.05) is 23.8 Å². The van der Waals surface area contributed by atoms with Gasteiger partial charge in [-0.15, -0.1) is 0 Å². The zero-order valence-electron chi connectivity index (χ0n) is 10.1. The largest absolute Gasteiger partial charge is 1.00 e. The first-order valence-electron chi connectivity index (χ1n) is 5.50. The molecule has 0 aromatic heterocycles. The first-order valence-corrected chi connectivity index (χ1v) is 5.50. The predicted octanol–water partition coefficient (Wildman–Crippen LogP) is -2.56. The van der Waals surface area contributed by atoms with Crippen molar-refractivity contribution in [1.29, 1.82) is 0 Å². The van der Waals surface area contributed by atoms with Crippen LogP contribution in [0.3, 0.4) is 0 Å². The highest BCUT2D eigenvalue weighted by molar-refractivity contribution is 5.97. The molecule has 1 aliphatic heterocycles. The number of aryl methyl sites for hydroxylation is 1. The maximum atomic E-state index is 12.0. The summed E-state index contributed by atoms with van der Waals surface area (Å²) in [6.45, 7) is 3.35. The molecule has 92 valence electrons. The number of Topliss-reactive ketones (excluding diaryl/α,β-unsaturated/α-hetero) is 1. The van der Waals surface area contributed by atoms with Gasteiger partial charge in [0.1, 0.15) is 6.20 Å². The molecule has 1 aromatic carbocycles. The van der Waals surface area contributed by atoms with E-state index in [0.717, 1.165) is 17.8 Å². The van der Waals surface area contributed by atoms with E-state index in [0.29, 0.717) is 6.54 Å². The van der Waals surface area contributed by atoms with Crippen LogP contribution in [-0.2, 0) is 0 Å². The van der Waals surface area contributed by atoms with Gasteiger partial charge in [0.2, 0.25) is 0 Å². The standard InChI is InChI=1S/C13H16N2O.BrH/c1-11-4-3-5-12(8-11)13(16)9-15-7-6-14(2)10-15;/h3-8H,9-10H2,1-2H3;1H. The second-order valence-corrected chi connectivity index (χ2v) is 4.36. The summed E-state index contributed by atoms with van der Waals surface area (Å²) in [6.07, 6.45) is 4.05. The average molecular weight is 297 g/mol. The van der Waals surface area contributed by atoms with Gasteiger partial charge < -0.3 is 21.9 Å². The molecule has 0 saturated heterocycles. The van der Waals surface area contributed by atoms with E-state index in [9.17, 15) is 4.79 Å². The number of carbonyl (C=O) groups excluding carboxylic acids is 1. The Balaban J connectivity index is 0.00000144. The van der Waals surface area contributed by atoms with Crippen LogP contribution in [0.5, 0.6) is 0 Å². The number of quaternary nitrogens is 1. The lowest BCUT2D eigenvalue weighted by molar-refractivity contribution is -0.826. The van der Waals surface area contributed by atoms with Gasteiger partial charge in [0, 0.05) is 5.56 Å². The molecular weight excluding hydrogens is 280 g/mol. The number of benzene rings is 1. The number of hydrogen-bond acceptors (Lipinski definition) is 2. The fourth-order valence-corrected chi connectivity index (χ4v) is 1.86. The number of rotatable bonds is 3. The molecule has 0 radical (unpaired) electrons. The number of halogens is 1. The van der Waals surface area contributed by atoms with E-state index < -0.39 is 0 Å². The number of ketones is 1. The van der Waals surface area contributed by atoms with Crippen molar-refractivity contribution in [2.45, 2.75) is 6.92 Å². The Kier molecular flexibility index (Phi) is 4.90. The van der Waals surface area contributed by atoms with Crippen molar-refractivity contribution < 1.29 is 26.7 Å². The topological polar surface area (TPSA) is 24.8 Å². The van der Waals surface area contributed by atoms with Crippen molar-refractivity contribution in [3.8, 4) is 0 Å². The van der Waals surface area contributed by atoms with E-state index in [1.165, 1.54) is 4.90 Å². The third-order valence-corrected chi connectivity index (χ3v) is 2.71. The van der Waals surface area contributed by atoms with Crippen molar-refractivity contribution in [2.24, 2.45) is 0 Å². The molecule has 0 fully saturated rings. The molecule has 4 heteroatoms. The maximum Gasteiger partial charge on any atom is 0.182 e. The molecular formula is C13H17BrN2O. The molecule has 3 nitrogen and oxygen atoms in total. The monoisotopic (exact) mass is 296 g/mol. The maximum absolute atomic E-state index is 12.0. The van der Waals surface area contributed by atoms with Crippen molar-refractivity contribution in [3.05, 3.63) is 47.8 Å². The minimum atomic E-state index is 0. The van der Waals surface area contributed by atoms with Crippen LogP contribution in [0, 0.1) is 6.92 Å². The van der Waals surface area contributed by atoms with Crippen molar-refractivity contribution in [1.82, 2.24) is 4.90 Å². The zero-order valence-corrected chi connectivity index (χ0v) is 11.7. The van der Waals surface area contributed by atoms with Crippen molar-refractivity contribution >= 4 is 5.78 Å². The third-order valence-electron chi connectivity index (χ3n) is 2.71. The van der Waals surface area contributed by atoms with E-state index >= 15 is 0 Å². The molecule has 1 atom stereocenters. The lowest BCUT2D eigenvalue weighted by Crippen LogP contribution is -3.03. The minimum absolute atomic E-state index is 0. The Hall–Kier alpha value is -1.13. The highest BCUT2D eigenvalue weighted by atomic mass is 79.9. The SMILES string of the molecule is Cc1cccc(C(=O)CN2C=C[NH+](C)C2)c1.[Br-]. The van der Waals surface area contributed by atoms with Crippen LogP contribution >= 0.6 is 0 Å². The Labute approximate surface area is 112 Å². The van der Waals surface area contributed by atoms with Gasteiger partial charge in [-0.2, -0.15) is 0 Å². The summed E-state index contributed by atoms with van der Waals surface area (Å²) < 4.78 is 0. The highest BCUT2D eigenvalue weighted by Gasteiger charge is 2.16. The fourth-order valence-electron chi connectivity index (χ4n) is 1.86. The molecule has 0 spiro atoms. The van der Waals surface area contributed by atoms with Crippen molar-refractivity contribution in [2.75, 3.05) is 20.3 Å². The van der Waals surface area contributed by atoms with Gasteiger partial charge in [-0.05, 0) is 13.0 Å². The van der Waals surface area contributed by atoms with Crippen LogP contribution in [0.15, 0.2) is 36.7 Å². The molecule has 1 aromatic rings. The average Bonchev–Trinajstić information content (AvgIpc) is 2.64. The Bertz CT molecular complexity index is 431. The van der Waals surface area contributed by atoms with E-state index in [-0.39, 0.29) is 22.8 Å². The lowest BCUT2D eigenvalue weighted by Gasteiger charge is -2.13. The molecule has 0 amide bonds. The molecule has 0 bridgehead atoms. The third kappa shape index (κ3) is 3.68. The second kappa shape index (κ2) is 5.98. The van der Waals surface area contributed by atoms with Crippen LogP contribution in [-0.4, -0.2) is 30.9 Å². The second-order valence-electron chi connectivity index (χ2n) is 4.36. The number of hydrogen-bond donors (Lipinski definition) is 1. The quantitative estimate of drug-likeness (QED) is 0.621. The van der Waals surface area contributed by atoms with Crippen LogP contribution in [0.4, 0.5) is 0 Å². The molecule has 0 aliphatic carbocycles. The van der Waals surface area contributed by atoms with Crippen LogP contribution in [0.2, 0.25) is 0 Å². The molecule has 1 unspecified atom stereocenters. The smallest absolute Gasteiger partial charge is 0.182 e. The summed E-state index contributed by atoms with van der Waals surface area (Å²) in [5, 5.41) is 0. The Morgan fingerprint density at radius 3 is 2.82 bits per heavy atom. The van der Waals surface area contributed by atoms with Crippen LogP contribution in [0.1, 0.15) is 15.9 Å². The molecule has 1 aliphatic rings. The Morgan fingerprint density at radius 1 is 1.47 bits per heavy atom. The van der Waals surface area contributed by atoms with E-state index in [1.54, 1.807) is 0 Å². The van der Waals surface area contributed by atoms with Gasteiger partial charge in [0.15, 0.2) is 12.5 Å². The minimum Gasteiger partial charge on any atom is -1.00 e. The van der Waals surface area contributed by atoms with Gasteiger partial charge in [-0.3, -0.25) is 9.69 Å². The first-order chi connectivity index (χ1) is 7.65. The van der Waals surface area contributed by atoms with E-state index in [2.05, 4.69) is 13.2 Å². The zero-order chi connectivity index (χ0) is 11.5. The normalized spacial score (nSPS) is 18.0. The fraction of sp³-hybridized carbons (Fsp3) is 0.308. The van der Waals surface area contributed by atoms with Gasteiger partial charge >= 0.3 is 0 Å². The van der Waals surface area contributed by atoms with E-state index in [4.69, 9.17) is 0 Å². The summed E-state index contributed by atoms with van der Waals surface area (Å²) in [7, 11) is 2.08. The summed E-state index contributed by atoms with van der Waals surface area (Å²) in [5.41, 5.74) is 1.93. The summed E-state index contributed by atoms with van der Waals surface area (Å²) >= 11 is 0. The summed E-state index contributed by atoms with van der Waals surface area (Å²) in [6, 6.07) is 7.76. The summed E-state index contributed by atoms with van der Waals surface area (Å²) in [4.78, 5) is 15.3. The van der Waals surface area contributed by atoms with Crippen LogP contribution < -0.4 is 21.9 Å². The first kappa shape index (κ1) is 13.9. The molecule has 0 saturated carbocycles. The van der Waals surface area contributed by atoms with Crippen LogP contribution in [0.25, 0.3) is 0 Å². The number of carbonyl (C=O) groups is 1. The van der Waals surface area contributed by atoms with E-state index in [1.807, 2.05) is 42.3 Å². The van der Waals surface area contributed by atoms with Gasteiger partial charge in [0.05, 0.1) is 19.8 Å². The molecule has 17 heavy (non-hydrogen) atoms. The predicted molar refractivity (Wildman–Crippen MR) is 63.1 cm³/mol. The molecule has 2 rings (SSSR count). The number of nitrogens with zero attached hydrogens (tertiary/aromatic N) is 1. The van der Waals surface area contributed by atoms with Gasteiger partial charge in [0.25, 0.3) is 0 Å². The number of nitrogens with one attached hydrogen (secondary N) is 1. The van der Waals surface area contributed by atoms with Crippen molar-refractivity contribution in [3.63, 3.8) is 0 Å².